The lowest BCUT2D eigenvalue weighted by Gasteiger charge is -2.20. The van der Waals surface area contributed by atoms with E-state index in [0.717, 1.165) is 13.2 Å². The van der Waals surface area contributed by atoms with E-state index < -0.39 is 0 Å². The van der Waals surface area contributed by atoms with Crippen LogP contribution in [0.2, 0.25) is 0 Å². The van der Waals surface area contributed by atoms with E-state index in [1.54, 1.807) is 0 Å². The Morgan fingerprint density at radius 1 is 1.00 bits per heavy atom. The number of nitrogens with two attached hydrogens (primary N) is 1. The number of ether oxygens (including phenoxy) is 2. The van der Waals surface area contributed by atoms with Gasteiger partial charge >= 0.3 is 0 Å². The highest BCUT2D eigenvalue weighted by Gasteiger charge is 2.06. The van der Waals surface area contributed by atoms with Crippen molar-refractivity contribution >= 4 is 0 Å². The Bertz CT molecular complexity index is 124. The molecule has 0 unspecified atom stereocenters. The second kappa shape index (κ2) is 8.17. The van der Waals surface area contributed by atoms with Crippen molar-refractivity contribution in [2.45, 2.75) is 26.3 Å². The minimum atomic E-state index is 0.166. The van der Waals surface area contributed by atoms with E-state index in [2.05, 4.69) is 26.1 Å². The first-order chi connectivity index (χ1) is 6.56. The van der Waals surface area contributed by atoms with Gasteiger partial charge in [0.2, 0.25) is 0 Å². The molecule has 0 amide bonds. The predicted molar refractivity (Wildman–Crippen MR) is 58.4 cm³/mol. The molecule has 14 heavy (non-hydrogen) atoms. The smallest absolute Gasteiger partial charge is 0.0701 e. The minimum absolute atomic E-state index is 0.166. The van der Waals surface area contributed by atoms with Gasteiger partial charge in [0, 0.05) is 18.6 Å². The summed E-state index contributed by atoms with van der Waals surface area (Å²) in [4.78, 5) is 0. The summed E-state index contributed by atoms with van der Waals surface area (Å²) < 4.78 is 10.5. The van der Waals surface area contributed by atoms with Crippen LogP contribution in [-0.4, -0.2) is 45.1 Å². The largest absolute Gasteiger partial charge is 0.378 e. The predicted octanol–water partition coefficient (Wildman–Crippen LogP) is 0.366. The first kappa shape index (κ1) is 13.8. The highest BCUT2D eigenvalue weighted by atomic mass is 16.5. The van der Waals surface area contributed by atoms with Crippen LogP contribution in [0.15, 0.2) is 0 Å². The Hall–Kier alpha value is -0.160. The monoisotopic (exact) mass is 204 g/mol. The quantitative estimate of drug-likeness (QED) is 0.561. The molecule has 0 radical (unpaired) electrons. The average Bonchev–Trinajstić information content (AvgIpc) is 2.08. The maximum absolute atomic E-state index is 5.35. The van der Waals surface area contributed by atoms with Gasteiger partial charge in [-0.05, 0) is 20.8 Å². The normalized spacial score (nSPS) is 12.0. The number of rotatable bonds is 8. The van der Waals surface area contributed by atoms with E-state index in [-0.39, 0.29) is 5.54 Å². The van der Waals surface area contributed by atoms with Crippen molar-refractivity contribution in [1.82, 2.24) is 5.32 Å². The lowest BCUT2D eigenvalue weighted by Crippen LogP contribution is -2.38. The highest BCUT2D eigenvalue weighted by Crippen LogP contribution is 1.96. The van der Waals surface area contributed by atoms with Crippen molar-refractivity contribution in [3.63, 3.8) is 0 Å². The summed E-state index contributed by atoms with van der Waals surface area (Å²) in [6.07, 6.45) is 0. The third-order valence-corrected chi connectivity index (χ3v) is 1.54. The van der Waals surface area contributed by atoms with Crippen molar-refractivity contribution in [3.05, 3.63) is 0 Å². The maximum atomic E-state index is 5.35. The van der Waals surface area contributed by atoms with Crippen LogP contribution in [0.25, 0.3) is 0 Å². The molecule has 0 spiro atoms. The number of nitrogens with one attached hydrogen (secondary N) is 1. The molecule has 4 heteroatoms. The van der Waals surface area contributed by atoms with Gasteiger partial charge in [0.1, 0.15) is 0 Å². The van der Waals surface area contributed by atoms with Crippen molar-refractivity contribution < 1.29 is 9.47 Å². The van der Waals surface area contributed by atoms with Crippen molar-refractivity contribution in [2.24, 2.45) is 5.73 Å². The van der Waals surface area contributed by atoms with Crippen LogP contribution >= 0.6 is 0 Å². The Balaban J connectivity index is 2.99. The average molecular weight is 204 g/mol. The molecular formula is C10H24N2O2. The van der Waals surface area contributed by atoms with Gasteiger partial charge in [-0.15, -0.1) is 0 Å². The van der Waals surface area contributed by atoms with Crippen molar-refractivity contribution in [3.8, 4) is 0 Å². The standard InChI is InChI=1S/C10H24N2O2/c1-10(2,3)12-5-7-14-9-8-13-6-4-11/h12H,4-9,11H2,1-3H3. The molecule has 0 aromatic rings. The molecule has 0 aromatic heterocycles. The SMILES string of the molecule is CC(C)(C)NCCOCCOCCN. The molecule has 0 fully saturated rings. The Labute approximate surface area is 87.1 Å². The topological polar surface area (TPSA) is 56.5 Å². The molecule has 0 heterocycles. The van der Waals surface area contributed by atoms with Gasteiger partial charge in [-0.2, -0.15) is 0 Å². The first-order valence-corrected chi connectivity index (χ1v) is 5.17. The minimum Gasteiger partial charge on any atom is -0.378 e. The summed E-state index contributed by atoms with van der Waals surface area (Å²) in [7, 11) is 0. The molecule has 3 N–H and O–H groups in total. The van der Waals surface area contributed by atoms with Gasteiger partial charge in [-0.25, -0.2) is 0 Å². The number of hydrogen-bond donors (Lipinski definition) is 2. The second-order valence-corrected chi connectivity index (χ2v) is 4.19. The summed E-state index contributed by atoms with van der Waals surface area (Å²) >= 11 is 0. The van der Waals surface area contributed by atoms with Gasteiger partial charge in [-0.3, -0.25) is 0 Å². The van der Waals surface area contributed by atoms with Gasteiger partial charge in [0.15, 0.2) is 0 Å². The molecule has 0 rings (SSSR count). The molecule has 0 aliphatic carbocycles. The Morgan fingerprint density at radius 2 is 1.57 bits per heavy atom. The van der Waals surface area contributed by atoms with Gasteiger partial charge < -0.3 is 20.5 Å². The molecule has 0 saturated carbocycles. The van der Waals surface area contributed by atoms with Crippen LogP contribution in [0.5, 0.6) is 0 Å². The van der Waals surface area contributed by atoms with Gasteiger partial charge in [-0.1, -0.05) is 0 Å². The third kappa shape index (κ3) is 11.8. The molecule has 0 saturated heterocycles. The first-order valence-electron chi connectivity index (χ1n) is 5.17. The summed E-state index contributed by atoms with van der Waals surface area (Å²) in [6.45, 7) is 10.5. The van der Waals surface area contributed by atoms with Crippen LogP contribution in [0.3, 0.4) is 0 Å². The van der Waals surface area contributed by atoms with Crippen LogP contribution in [0.1, 0.15) is 20.8 Å². The summed E-state index contributed by atoms with van der Waals surface area (Å²) in [5, 5.41) is 3.34. The highest BCUT2D eigenvalue weighted by molar-refractivity contribution is 4.69. The molecule has 0 bridgehead atoms. The lowest BCUT2D eigenvalue weighted by atomic mass is 10.1. The summed E-state index contributed by atoms with van der Waals surface area (Å²) in [6, 6.07) is 0. The van der Waals surface area contributed by atoms with E-state index in [1.165, 1.54) is 0 Å². The zero-order valence-corrected chi connectivity index (χ0v) is 9.64. The molecule has 0 atom stereocenters. The van der Waals surface area contributed by atoms with E-state index >= 15 is 0 Å². The second-order valence-electron chi connectivity index (χ2n) is 4.19. The van der Waals surface area contributed by atoms with E-state index in [0.29, 0.717) is 26.4 Å². The Kier molecular flexibility index (Phi) is 8.08. The fourth-order valence-corrected chi connectivity index (χ4v) is 0.904. The fraction of sp³-hybridized carbons (Fsp3) is 1.00. The molecule has 4 nitrogen and oxygen atoms in total. The number of hydrogen-bond acceptors (Lipinski definition) is 4. The summed E-state index contributed by atoms with van der Waals surface area (Å²) in [5.41, 5.74) is 5.43. The van der Waals surface area contributed by atoms with Crippen molar-refractivity contribution in [1.29, 1.82) is 0 Å². The Morgan fingerprint density at radius 3 is 2.07 bits per heavy atom. The van der Waals surface area contributed by atoms with E-state index in [1.807, 2.05) is 0 Å². The molecule has 86 valence electrons. The molecular weight excluding hydrogens is 180 g/mol. The summed E-state index contributed by atoms with van der Waals surface area (Å²) in [5.74, 6) is 0. The zero-order chi connectivity index (χ0) is 10.9. The fourth-order valence-electron chi connectivity index (χ4n) is 0.904. The van der Waals surface area contributed by atoms with E-state index in [9.17, 15) is 0 Å². The van der Waals surface area contributed by atoms with Crippen LogP contribution in [0, 0.1) is 0 Å². The van der Waals surface area contributed by atoms with Gasteiger partial charge in [0.25, 0.3) is 0 Å². The third-order valence-electron chi connectivity index (χ3n) is 1.54. The van der Waals surface area contributed by atoms with Crippen LogP contribution in [-0.2, 0) is 9.47 Å². The van der Waals surface area contributed by atoms with Crippen molar-refractivity contribution in [2.75, 3.05) is 39.5 Å². The van der Waals surface area contributed by atoms with E-state index in [4.69, 9.17) is 15.2 Å². The lowest BCUT2D eigenvalue weighted by molar-refractivity contribution is 0.0504. The van der Waals surface area contributed by atoms with Crippen LogP contribution < -0.4 is 11.1 Å². The molecule has 0 aliphatic heterocycles. The zero-order valence-electron chi connectivity index (χ0n) is 9.64. The van der Waals surface area contributed by atoms with Gasteiger partial charge in [0.05, 0.1) is 26.4 Å². The maximum Gasteiger partial charge on any atom is 0.0701 e. The molecule has 0 aromatic carbocycles. The molecule has 0 aliphatic rings. The van der Waals surface area contributed by atoms with Crippen LogP contribution in [0.4, 0.5) is 0 Å².